The van der Waals surface area contributed by atoms with Crippen LogP contribution in [0.4, 0.5) is 0 Å². The van der Waals surface area contributed by atoms with Crippen LogP contribution in [0.1, 0.15) is 27.0 Å². The van der Waals surface area contributed by atoms with Gasteiger partial charge in [0, 0.05) is 20.8 Å². The molecule has 1 fully saturated rings. The average molecular weight is 425 g/mol. The predicted molar refractivity (Wildman–Crippen MR) is 96.6 cm³/mol. The highest BCUT2D eigenvalue weighted by Gasteiger charge is 2.51. The fourth-order valence-electron chi connectivity index (χ4n) is 2.95. The third kappa shape index (κ3) is 4.45. The molecule has 2 aromatic rings. The molecule has 4 atom stereocenters. The van der Waals surface area contributed by atoms with Gasteiger partial charge in [-0.1, -0.05) is 5.21 Å². The van der Waals surface area contributed by atoms with Gasteiger partial charge in [0.05, 0.1) is 0 Å². The molecule has 156 valence electrons. The Morgan fingerprint density at radius 3 is 2.41 bits per heavy atom. The quantitative estimate of drug-likeness (QED) is 0.271. The number of carbonyl (C=O) groups is 3. The van der Waals surface area contributed by atoms with E-state index in [4.69, 9.17) is 18.9 Å². The van der Waals surface area contributed by atoms with E-state index >= 15 is 0 Å². The van der Waals surface area contributed by atoms with Crippen LogP contribution in [0.3, 0.4) is 0 Å². The van der Waals surface area contributed by atoms with Crippen molar-refractivity contribution in [2.45, 2.75) is 50.3 Å². The zero-order valence-corrected chi connectivity index (χ0v) is 16.9. The van der Waals surface area contributed by atoms with Crippen molar-refractivity contribution in [3.8, 4) is 0 Å². The molecule has 3 rings (SSSR count). The third-order valence-electron chi connectivity index (χ3n) is 4.00. The van der Waals surface area contributed by atoms with Gasteiger partial charge in [-0.25, -0.2) is 9.97 Å². The zero-order valence-electron chi connectivity index (χ0n) is 16.1. The molecular weight excluding hydrogens is 406 g/mol. The van der Waals surface area contributed by atoms with Crippen LogP contribution in [-0.2, 0) is 33.3 Å². The van der Waals surface area contributed by atoms with E-state index in [1.54, 1.807) is 0 Å². The summed E-state index contributed by atoms with van der Waals surface area (Å²) in [5.41, 5.74) is 0.791. The van der Waals surface area contributed by atoms with Crippen molar-refractivity contribution >= 4 is 40.8 Å². The maximum absolute atomic E-state index is 11.7. The molecular formula is C16H19N5O7S. The second-order valence-electron chi connectivity index (χ2n) is 6.10. The van der Waals surface area contributed by atoms with E-state index < -0.39 is 42.4 Å². The molecule has 29 heavy (non-hydrogen) atoms. The van der Waals surface area contributed by atoms with Gasteiger partial charge in [-0.15, -0.1) is 16.9 Å². The van der Waals surface area contributed by atoms with Gasteiger partial charge in [0.1, 0.15) is 24.1 Å². The summed E-state index contributed by atoms with van der Waals surface area (Å²) in [6.45, 7) is 3.46. The lowest BCUT2D eigenvalue weighted by molar-refractivity contribution is -0.166. The van der Waals surface area contributed by atoms with Gasteiger partial charge in [-0.2, -0.15) is 4.68 Å². The van der Waals surface area contributed by atoms with Crippen molar-refractivity contribution in [1.82, 2.24) is 25.0 Å². The minimum atomic E-state index is -1.06. The Labute approximate surface area is 169 Å². The number of ether oxygens (including phenoxy) is 4. The topological polar surface area (TPSA) is 145 Å². The molecule has 0 spiro atoms. The lowest BCUT2D eigenvalue weighted by atomic mass is 10.1. The Morgan fingerprint density at radius 1 is 1.10 bits per heavy atom. The van der Waals surface area contributed by atoms with Crippen molar-refractivity contribution in [1.29, 1.82) is 0 Å². The average Bonchev–Trinajstić information content (AvgIpc) is 3.21. The highest BCUT2D eigenvalue weighted by molar-refractivity contribution is 7.98. The standard InChI is InChI=1S/C16H19N5O7S/c1-7(22)25-5-10-12(26-8(2)23)13(27-9(3)24)16(28-10)21-14-11(19-20-21)15(29-4)18-6-17-14/h6,10,12-13,16H,5H2,1-4H3. The highest BCUT2D eigenvalue weighted by Crippen LogP contribution is 2.35. The van der Waals surface area contributed by atoms with E-state index in [0.717, 1.165) is 0 Å². The van der Waals surface area contributed by atoms with Crippen molar-refractivity contribution in [2.75, 3.05) is 12.9 Å². The molecule has 12 nitrogen and oxygen atoms in total. The van der Waals surface area contributed by atoms with Crippen LogP contribution in [0.5, 0.6) is 0 Å². The fourth-order valence-corrected chi connectivity index (χ4v) is 3.43. The number of rotatable bonds is 6. The first-order chi connectivity index (χ1) is 13.8. The zero-order chi connectivity index (χ0) is 21.1. The summed E-state index contributed by atoms with van der Waals surface area (Å²) < 4.78 is 23.0. The maximum atomic E-state index is 11.7. The van der Waals surface area contributed by atoms with Gasteiger partial charge in [0.25, 0.3) is 0 Å². The Kier molecular flexibility index (Phi) is 6.27. The number of nitrogens with zero attached hydrogens (tertiary/aromatic N) is 5. The van der Waals surface area contributed by atoms with Crippen LogP contribution in [0, 0.1) is 0 Å². The van der Waals surface area contributed by atoms with Crippen LogP contribution in [0.25, 0.3) is 11.2 Å². The highest BCUT2D eigenvalue weighted by atomic mass is 32.2. The normalized spacial score (nSPS) is 23.7. The number of thioether (sulfide) groups is 1. The van der Waals surface area contributed by atoms with Gasteiger partial charge < -0.3 is 18.9 Å². The minimum Gasteiger partial charge on any atom is -0.463 e. The van der Waals surface area contributed by atoms with Crippen LogP contribution >= 0.6 is 11.8 Å². The van der Waals surface area contributed by atoms with Crippen molar-refractivity contribution in [2.24, 2.45) is 0 Å². The molecule has 0 aromatic carbocycles. The second kappa shape index (κ2) is 8.69. The summed E-state index contributed by atoms with van der Waals surface area (Å²) in [5, 5.41) is 8.77. The number of aromatic nitrogens is 5. The first-order valence-electron chi connectivity index (χ1n) is 8.55. The number of hydrogen-bond donors (Lipinski definition) is 0. The molecule has 1 saturated heterocycles. The molecule has 0 aliphatic carbocycles. The minimum absolute atomic E-state index is 0.209. The first kappa shape index (κ1) is 20.9. The van der Waals surface area contributed by atoms with Crippen LogP contribution in [-0.4, -0.2) is 74.0 Å². The van der Waals surface area contributed by atoms with E-state index in [1.807, 2.05) is 6.26 Å². The molecule has 3 heterocycles. The van der Waals surface area contributed by atoms with Crippen molar-refractivity contribution in [3.05, 3.63) is 6.33 Å². The first-order valence-corrected chi connectivity index (χ1v) is 9.77. The second-order valence-corrected chi connectivity index (χ2v) is 6.90. The van der Waals surface area contributed by atoms with E-state index in [-0.39, 0.29) is 6.61 Å². The van der Waals surface area contributed by atoms with E-state index in [1.165, 1.54) is 43.5 Å². The van der Waals surface area contributed by atoms with Crippen molar-refractivity contribution < 1.29 is 33.3 Å². The summed E-state index contributed by atoms with van der Waals surface area (Å²) in [5.74, 6) is -1.76. The Bertz CT molecular complexity index is 936. The number of hydrogen-bond acceptors (Lipinski definition) is 12. The van der Waals surface area contributed by atoms with Gasteiger partial charge >= 0.3 is 17.9 Å². The largest absolute Gasteiger partial charge is 0.463 e. The molecule has 0 radical (unpaired) electrons. The summed E-state index contributed by atoms with van der Waals surface area (Å²) in [4.78, 5) is 42.9. The molecule has 1 aliphatic rings. The molecule has 13 heteroatoms. The van der Waals surface area contributed by atoms with Crippen LogP contribution < -0.4 is 0 Å². The molecule has 0 amide bonds. The van der Waals surface area contributed by atoms with Crippen LogP contribution in [0.15, 0.2) is 11.4 Å². The molecule has 0 saturated carbocycles. The number of esters is 3. The fraction of sp³-hybridized carbons (Fsp3) is 0.562. The van der Waals surface area contributed by atoms with E-state index in [9.17, 15) is 14.4 Å². The Morgan fingerprint density at radius 2 is 1.79 bits per heavy atom. The molecule has 2 aromatic heterocycles. The van der Waals surface area contributed by atoms with Gasteiger partial charge in [-0.05, 0) is 6.26 Å². The van der Waals surface area contributed by atoms with Crippen molar-refractivity contribution in [3.63, 3.8) is 0 Å². The summed E-state index contributed by atoms with van der Waals surface area (Å²) in [7, 11) is 0. The molecule has 4 unspecified atom stereocenters. The third-order valence-corrected chi connectivity index (χ3v) is 4.69. The van der Waals surface area contributed by atoms with E-state index in [2.05, 4.69) is 20.3 Å². The Balaban J connectivity index is 2.02. The maximum Gasteiger partial charge on any atom is 0.303 e. The summed E-state index contributed by atoms with van der Waals surface area (Å²) in [6, 6.07) is 0. The smallest absolute Gasteiger partial charge is 0.303 e. The molecule has 0 bridgehead atoms. The number of carbonyl (C=O) groups excluding carboxylic acids is 3. The van der Waals surface area contributed by atoms with Gasteiger partial charge in [0.15, 0.2) is 29.6 Å². The molecule has 0 N–H and O–H groups in total. The van der Waals surface area contributed by atoms with Crippen LogP contribution in [0.2, 0.25) is 0 Å². The monoisotopic (exact) mass is 425 g/mol. The van der Waals surface area contributed by atoms with Gasteiger partial charge in [-0.3, -0.25) is 14.4 Å². The van der Waals surface area contributed by atoms with E-state index in [0.29, 0.717) is 16.2 Å². The Hall–Kier alpha value is -2.80. The lowest BCUT2D eigenvalue weighted by Crippen LogP contribution is -2.40. The summed E-state index contributed by atoms with van der Waals surface area (Å²) in [6.07, 6.45) is -0.808. The number of fused-ring (bicyclic) bond motifs is 1. The SMILES string of the molecule is CSc1ncnc2c1nnn2C1OC(COC(C)=O)C(OC(C)=O)C1OC(C)=O. The summed E-state index contributed by atoms with van der Waals surface area (Å²) >= 11 is 1.37. The van der Waals surface area contributed by atoms with Gasteiger partial charge in [0.2, 0.25) is 0 Å². The molecule has 1 aliphatic heterocycles. The predicted octanol–water partition coefficient (Wildman–Crippen LogP) is 0.267. The lowest BCUT2D eigenvalue weighted by Gasteiger charge is -2.23.